The minimum Gasteiger partial charge on any atom is -0.339 e. The zero-order valence-electron chi connectivity index (χ0n) is 15.5. The SMILES string of the molecule is CC(=O)N(C)CC(=O)N1CCn2c(c(-c3cn[nH]c3)c3ccc(Cl)c(Cl)c32)C1. The van der Waals surface area contributed by atoms with E-state index in [0.29, 0.717) is 29.7 Å². The fourth-order valence-electron chi connectivity index (χ4n) is 3.66. The highest BCUT2D eigenvalue weighted by atomic mass is 35.5. The Balaban J connectivity index is 1.80. The molecule has 2 amide bonds. The Morgan fingerprint density at radius 1 is 1.29 bits per heavy atom. The second-order valence-electron chi connectivity index (χ2n) is 6.91. The fraction of sp³-hybridized carbons (Fsp3) is 0.316. The normalized spacial score (nSPS) is 13.6. The zero-order valence-corrected chi connectivity index (χ0v) is 17.0. The molecule has 0 fully saturated rings. The molecule has 0 spiro atoms. The average molecular weight is 420 g/mol. The van der Waals surface area contributed by atoms with E-state index in [-0.39, 0.29) is 18.4 Å². The van der Waals surface area contributed by atoms with E-state index < -0.39 is 0 Å². The molecule has 2 aromatic heterocycles. The molecule has 0 bridgehead atoms. The number of halogens is 2. The second kappa shape index (κ2) is 7.14. The number of H-pyrrole nitrogens is 1. The molecule has 1 aliphatic rings. The zero-order chi connectivity index (χ0) is 20.0. The molecular formula is C19H19Cl2N5O2. The van der Waals surface area contributed by atoms with Gasteiger partial charge in [-0.15, -0.1) is 0 Å². The monoisotopic (exact) mass is 419 g/mol. The number of hydrogen-bond donors (Lipinski definition) is 1. The minimum atomic E-state index is -0.139. The van der Waals surface area contributed by atoms with Gasteiger partial charge in [-0.2, -0.15) is 5.10 Å². The van der Waals surface area contributed by atoms with Crippen molar-refractivity contribution in [3.63, 3.8) is 0 Å². The van der Waals surface area contributed by atoms with E-state index in [1.807, 2.05) is 12.3 Å². The first-order valence-electron chi connectivity index (χ1n) is 8.86. The van der Waals surface area contributed by atoms with Crippen molar-refractivity contribution in [2.45, 2.75) is 20.0 Å². The number of carbonyl (C=O) groups excluding carboxylic acids is 2. The van der Waals surface area contributed by atoms with Gasteiger partial charge in [-0.1, -0.05) is 29.3 Å². The van der Waals surface area contributed by atoms with Crippen LogP contribution in [0.15, 0.2) is 24.5 Å². The van der Waals surface area contributed by atoms with E-state index in [0.717, 1.165) is 27.7 Å². The van der Waals surface area contributed by atoms with Crippen molar-refractivity contribution in [3.8, 4) is 11.1 Å². The predicted molar refractivity (Wildman–Crippen MR) is 108 cm³/mol. The van der Waals surface area contributed by atoms with Gasteiger partial charge in [-0.05, 0) is 6.07 Å². The van der Waals surface area contributed by atoms with E-state index in [9.17, 15) is 9.59 Å². The molecule has 0 saturated carbocycles. The summed E-state index contributed by atoms with van der Waals surface area (Å²) in [6, 6.07) is 3.74. The maximum absolute atomic E-state index is 12.7. The maximum atomic E-state index is 12.7. The Hall–Kier alpha value is -2.51. The number of hydrogen-bond acceptors (Lipinski definition) is 3. The van der Waals surface area contributed by atoms with Crippen LogP contribution < -0.4 is 0 Å². The van der Waals surface area contributed by atoms with Gasteiger partial charge in [0.15, 0.2) is 0 Å². The van der Waals surface area contributed by atoms with Crippen molar-refractivity contribution in [1.29, 1.82) is 0 Å². The fourth-order valence-corrected chi connectivity index (χ4v) is 4.08. The molecule has 0 saturated heterocycles. The standard InChI is InChI=1S/C19H19Cl2N5O2/c1-11(27)24(2)10-16(28)25-5-6-26-15(9-25)17(12-7-22-23-8-12)13-3-4-14(20)18(21)19(13)26/h3-4,7-8H,5-6,9-10H2,1-2H3,(H,22,23). The molecule has 28 heavy (non-hydrogen) atoms. The van der Waals surface area contributed by atoms with Crippen LogP contribution in [0.5, 0.6) is 0 Å². The number of fused-ring (bicyclic) bond motifs is 3. The van der Waals surface area contributed by atoms with Crippen LogP contribution in [-0.2, 0) is 22.7 Å². The van der Waals surface area contributed by atoms with Gasteiger partial charge in [-0.3, -0.25) is 14.7 Å². The molecule has 0 aliphatic carbocycles. The van der Waals surface area contributed by atoms with Crippen LogP contribution in [0.2, 0.25) is 10.0 Å². The Morgan fingerprint density at radius 2 is 2.07 bits per heavy atom. The number of amides is 2. The summed E-state index contributed by atoms with van der Waals surface area (Å²) in [5.41, 5.74) is 3.76. The molecule has 0 radical (unpaired) electrons. The lowest BCUT2D eigenvalue weighted by atomic mass is 10.0. The first kappa shape index (κ1) is 18.8. The number of rotatable bonds is 3. The number of aromatic nitrogens is 3. The van der Waals surface area contributed by atoms with Crippen molar-refractivity contribution < 1.29 is 9.59 Å². The number of nitrogens with one attached hydrogen (secondary N) is 1. The highest BCUT2D eigenvalue weighted by molar-refractivity contribution is 6.45. The molecule has 1 aromatic carbocycles. The highest BCUT2D eigenvalue weighted by Crippen LogP contribution is 2.42. The highest BCUT2D eigenvalue weighted by Gasteiger charge is 2.29. The van der Waals surface area contributed by atoms with Gasteiger partial charge in [0.2, 0.25) is 11.8 Å². The lowest BCUT2D eigenvalue weighted by molar-refractivity contribution is -0.139. The van der Waals surface area contributed by atoms with E-state index in [1.165, 1.54) is 11.8 Å². The molecule has 9 heteroatoms. The van der Waals surface area contributed by atoms with Crippen molar-refractivity contribution in [1.82, 2.24) is 24.6 Å². The molecule has 4 rings (SSSR count). The second-order valence-corrected chi connectivity index (χ2v) is 7.69. The van der Waals surface area contributed by atoms with Gasteiger partial charge in [0, 0.05) is 55.5 Å². The Bertz CT molecular complexity index is 1070. The summed E-state index contributed by atoms with van der Waals surface area (Å²) in [5.74, 6) is -0.225. The van der Waals surface area contributed by atoms with E-state index in [4.69, 9.17) is 23.2 Å². The number of aromatic amines is 1. The van der Waals surface area contributed by atoms with Crippen LogP contribution in [0.4, 0.5) is 0 Å². The van der Waals surface area contributed by atoms with Crippen LogP contribution in [0, 0.1) is 0 Å². The third-order valence-electron chi connectivity index (χ3n) is 5.21. The van der Waals surface area contributed by atoms with Crippen molar-refractivity contribution in [2.24, 2.45) is 0 Å². The Kier molecular flexibility index (Phi) is 4.81. The lowest BCUT2D eigenvalue weighted by Crippen LogP contribution is -2.44. The van der Waals surface area contributed by atoms with Gasteiger partial charge in [0.1, 0.15) is 0 Å². The molecule has 1 aliphatic heterocycles. The first-order chi connectivity index (χ1) is 13.4. The molecule has 3 heterocycles. The summed E-state index contributed by atoms with van der Waals surface area (Å²) in [7, 11) is 1.62. The number of benzene rings is 1. The van der Waals surface area contributed by atoms with E-state index in [1.54, 1.807) is 24.2 Å². The van der Waals surface area contributed by atoms with Crippen LogP contribution in [0.3, 0.4) is 0 Å². The smallest absolute Gasteiger partial charge is 0.242 e. The van der Waals surface area contributed by atoms with E-state index >= 15 is 0 Å². The quantitative estimate of drug-likeness (QED) is 0.708. The molecule has 1 N–H and O–H groups in total. The summed E-state index contributed by atoms with van der Waals surface area (Å²) in [6.45, 7) is 3.06. The topological polar surface area (TPSA) is 74.2 Å². The molecule has 0 atom stereocenters. The van der Waals surface area contributed by atoms with Crippen LogP contribution in [0.1, 0.15) is 12.6 Å². The number of likely N-dealkylation sites (N-methyl/N-ethyl adjacent to an activating group) is 1. The molecule has 146 valence electrons. The Labute approximate surface area is 171 Å². The molecular weight excluding hydrogens is 401 g/mol. The summed E-state index contributed by atoms with van der Waals surface area (Å²) in [4.78, 5) is 27.4. The summed E-state index contributed by atoms with van der Waals surface area (Å²) < 4.78 is 2.13. The number of carbonyl (C=O) groups is 2. The maximum Gasteiger partial charge on any atom is 0.242 e. The van der Waals surface area contributed by atoms with Crippen LogP contribution in [0.25, 0.3) is 22.0 Å². The molecule has 7 nitrogen and oxygen atoms in total. The van der Waals surface area contributed by atoms with Crippen LogP contribution >= 0.6 is 23.2 Å². The third-order valence-corrected chi connectivity index (χ3v) is 6.00. The lowest BCUT2D eigenvalue weighted by Gasteiger charge is -2.31. The molecule has 3 aromatic rings. The summed E-state index contributed by atoms with van der Waals surface area (Å²) >= 11 is 12.8. The predicted octanol–water partition coefficient (Wildman–Crippen LogP) is 3.16. The van der Waals surface area contributed by atoms with Gasteiger partial charge in [0.25, 0.3) is 0 Å². The van der Waals surface area contributed by atoms with Crippen molar-refractivity contribution >= 4 is 45.9 Å². The first-order valence-corrected chi connectivity index (χ1v) is 9.61. The minimum absolute atomic E-state index is 0.0587. The summed E-state index contributed by atoms with van der Waals surface area (Å²) in [5, 5.41) is 8.89. The van der Waals surface area contributed by atoms with Gasteiger partial charge >= 0.3 is 0 Å². The summed E-state index contributed by atoms with van der Waals surface area (Å²) in [6.07, 6.45) is 3.57. The third kappa shape index (κ3) is 3.04. The molecule has 0 unspecified atom stereocenters. The van der Waals surface area contributed by atoms with Gasteiger partial charge < -0.3 is 14.4 Å². The van der Waals surface area contributed by atoms with Gasteiger partial charge in [0.05, 0.1) is 34.8 Å². The van der Waals surface area contributed by atoms with E-state index in [2.05, 4.69) is 14.8 Å². The van der Waals surface area contributed by atoms with Gasteiger partial charge in [-0.25, -0.2) is 0 Å². The van der Waals surface area contributed by atoms with Crippen LogP contribution in [-0.4, -0.2) is 56.5 Å². The largest absolute Gasteiger partial charge is 0.339 e. The van der Waals surface area contributed by atoms with Crippen molar-refractivity contribution in [3.05, 3.63) is 40.3 Å². The van der Waals surface area contributed by atoms with Crippen molar-refractivity contribution in [2.75, 3.05) is 20.1 Å². The Morgan fingerprint density at radius 3 is 2.75 bits per heavy atom. The number of nitrogens with zero attached hydrogens (tertiary/aromatic N) is 4. The average Bonchev–Trinajstić information content (AvgIpc) is 3.29.